The van der Waals surface area contributed by atoms with Crippen LogP contribution in [0.15, 0.2) is 24.3 Å². The zero-order valence-corrected chi connectivity index (χ0v) is 13.3. The van der Waals surface area contributed by atoms with Crippen LogP contribution >= 0.6 is 0 Å². The third-order valence-corrected chi connectivity index (χ3v) is 3.03. The van der Waals surface area contributed by atoms with Crippen molar-refractivity contribution in [2.75, 3.05) is 26.7 Å². The van der Waals surface area contributed by atoms with Crippen LogP contribution in [-0.2, 0) is 14.3 Å². The Morgan fingerprint density at radius 2 is 2.04 bits per heavy atom. The maximum atomic E-state index is 12.3. The first-order valence-electron chi connectivity index (χ1n) is 7.13. The van der Waals surface area contributed by atoms with Gasteiger partial charge < -0.3 is 14.7 Å². The summed E-state index contributed by atoms with van der Waals surface area (Å²) < 4.78 is 41.7. The molecular formula is C15H19F3N2O4. The number of nitrogens with one attached hydrogen (secondary N) is 1. The summed E-state index contributed by atoms with van der Waals surface area (Å²) in [4.78, 5) is 24.3. The number of amides is 1. The number of phenolic OH excluding ortho intramolecular Hbond substituents is 1. The molecule has 134 valence electrons. The average Bonchev–Trinajstić information content (AvgIpc) is 2.45. The van der Waals surface area contributed by atoms with Crippen molar-refractivity contribution < 1.29 is 32.6 Å². The number of ether oxygens (including phenoxy) is 1. The summed E-state index contributed by atoms with van der Waals surface area (Å²) in [5.41, 5.74) is 0.333. The van der Waals surface area contributed by atoms with Crippen LogP contribution in [-0.4, -0.2) is 54.8 Å². The minimum absolute atomic E-state index is 0.0934. The number of nitrogens with zero attached hydrogens (tertiary/aromatic N) is 1. The molecule has 1 aromatic rings. The third-order valence-electron chi connectivity index (χ3n) is 3.03. The lowest BCUT2D eigenvalue weighted by molar-refractivity contribution is -0.158. The zero-order chi connectivity index (χ0) is 18.3. The second kappa shape index (κ2) is 8.53. The predicted octanol–water partition coefficient (Wildman–Crippen LogP) is 1.61. The van der Waals surface area contributed by atoms with Crippen LogP contribution in [0.4, 0.5) is 13.2 Å². The predicted molar refractivity (Wildman–Crippen MR) is 79.2 cm³/mol. The van der Waals surface area contributed by atoms with E-state index >= 15 is 0 Å². The lowest BCUT2D eigenvalue weighted by Crippen LogP contribution is -2.43. The van der Waals surface area contributed by atoms with E-state index in [1.54, 1.807) is 6.92 Å². The Kier molecular flexibility index (Phi) is 7.02. The van der Waals surface area contributed by atoms with Gasteiger partial charge in [-0.2, -0.15) is 13.2 Å². The molecule has 6 nitrogen and oxygen atoms in total. The SMILES string of the molecule is CCOC(=O)[C@H](NCC(=O)N(C)CC(F)(F)F)c1cccc(O)c1. The molecule has 0 fully saturated rings. The lowest BCUT2D eigenvalue weighted by atomic mass is 10.1. The number of rotatable bonds is 7. The molecule has 1 rings (SSSR count). The van der Waals surface area contributed by atoms with Crippen molar-refractivity contribution in [3.63, 3.8) is 0 Å². The molecule has 1 aromatic carbocycles. The van der Waals surface area contributed by atoms with E-state index in [1.165, 1.54) is 24.3 Å². The van der Waals surface area contributed by atoms with Gasteiger partial charge in [0.2, 0.25) is 5.91 Å². The first-order chi connectivity index (χ1) is 11.1. The Labute approximate surface area is 137 Å². The summed E-state index contributed by atoms with van der Waals surface area (Å²) in [7, 11) is 1.02. The van der Waals surface area contributed by atoms with Crippen molar-refractivity contribution in [3.05, 3.63) is 29.8 Å². The van der Waals surface area contributed by atoms with Crippen molar-refractivity contribution in [2.45, 2.75) is 19.1 Å². The molecule has 2 N–H and O–H groups in total. The van der Waals surface area contributed by atoms with Crippen molar-refractivity contribution in [1.82, 2.24) is 10.2 Å². The van der Waals surface area contributed by atoms with E-state index in [0.29, 0.717) is 10.5 Å². The van der Waals surface area contributed by atoms with E-state index in [-0.39, 0.29) is 12.4 Å². The largest absolute Gasteiger partial charge is 0.508 e. The molecule has 1 amide bonds. The fourth-order valence-corrected chi connectivity index (χ4v) is 1.95. The van der Waals surface area contributed by atoms with Crippen LogP contribution < -0.4 is 5.32 Å². The molecule has 9 heteroatoms. The number of carbonyl (C=O) groups excluding carboxylic acids is 2. The molecular weight excluding hydrogens is 329 g/mol. The van der Waals surface area contributed by atoms with Gasteiger partial charge in [0.15, 0.2) is 0 Å². The van der Waals surface area contributed by atoms with Gasteiger partial charge in [0.25, 0.3) is 0 Å². The minimum atomic E-state index is -4.50. The van der Waals surface area contributed by atoms with Crippen LogP contribution in [0.5, 0.6) is 5.75 Å². The monoisotopic (exact) mass is 348 g/mol. The molecule has 1 atom stereocenters. The Morgan fingerprint density at radius 1 is 1.38 bits per heavy atom. The molecule has 24 heavy (non-hydrogen) atoms. The van der Waals surface area contributed by atoms with Gasteiger partial charge in [0.05, 0.1) is 13.2 Å². The maximum Gasteiger partial charge on any atom is 0.406 e. The summed E-state index contributed by atoms with van der Waals surface area (Å²) in [6.07, 6.45) is -4.50. The third kappa shape index (κ3) is 6.45. The number of esters is 1. The van der Waals surface area contributed by atoms with Crippen molar-refractivity contribution >= 4 is 11.9 Å². The van der Waals surface area contributed by atoms with Gasteiger partial charge in [-0.25, -0.2) is 4.79 Å². The highest BCUT2D eigenvalue weighted by molar-refractivity contribution is 5.81. The average molecular weight is 348 g/mol. The number of hydrogen-bond donors (Lipinski definition) is 2. The molecule has 0 aliphatic heterocycles. The van der Waals surface area contributed by atoms with Gasteiger partial charge >= 0.3 is 12.1 Å². The molecule has 0 aliphatic rings. The van der Waals surface area contributed by atoms with Crippen molar-refractivity contribution in [3.8, 4) is 5.75 Å². The van der Waals surface area contributed by atoms with Gasteiger partial charge in [0, 0.05) is 7.05 Å². The molecule has 0 spiro atoms. The number of benzene rings is 1. The molecule has 0 aliphatic carbocycles. The fraction of sp³-hybridized carbons (Fsp3) is 0.467. The van der Waals surface area contributed by atoms with E-state index in [4.69, 9.17) is 4.74 Å². The molecule has 0 saturated carbocycles. The first-order valence-corrected chi connectivity index (χ1v) is 7.13. The van der Waals surface area contributed by atoms with Crippen LogP contribution in [0.1, 0.15) is 18.5 Å². The first kappa shape index (κ1) is 19.8. The lowest BCUT2D eigenvalue weighted by Gasteiger charge is -2.22. The molecule has 0 unspecified atom stereocenters. The number of alkyl halides is 3. The van der Waals surface area contributed by atoms with Crippen LogP contribution in [0, 0.1) is 0 Å². The fourth-order valence-electron chi connectivity index (χ4n) is 1.95. The summed E-state index contributed by atoms with van der Waals surface area (Å²) in [5, 5.41) is 12.1. The highest BCUT2D eigenvalue weighted by atomic mass is 19.4. The summed E-state index contributed by atoms with van der Waals surface area (Å²) in [5.74, 6) is -1.62. The van der Waals surface area contributed by atoms with E-state index in [9.17, 15) is 27.9 Å². The standard InChI is InChI=1S/C15H19F3N2O4/c1-3-24-14(23)13(10-5-4-6-11(21)7-10)19-8-12(22)20(2)9-15(16,17)18/h4-7,13,19,21H,3,8-9H2,1-2H3/t13-/m1/s1. The number of halogens is 3. The van der Waals surface area contributed by atoms with E-state index in [1.807, 2.05) is 0 Å². The quantitative estimate of drug-likeness (QED) is 0.732. The smallest absolute Gasteiger partial charge is 0.406 e. The van der Waals surface area contributed by atoms with Gasteiger partial charge in [-0.3, -0.25) is 10.1 Å². The number of carbonyl (C=O) groups is 2. The van der Waals surface area contributed by atoms with Crippen molar-refractivity contribution in [2.24, 2.45) is 0 Å². The highest BCUT2D eigenvalue weighted by Crippen LogP contribution is 2.20. The zero-order valence-electron chi connectivity index (χ0n) is 13.3. The van der Waals surface area contributed by atoms with Crippen LogP contribution in [0.2, 0.25) is 0 Å². The molecule has 0 bridgehead atoms. The Bertz CT molecular complexity index is 578. The Balaban J connectivity index is 2.79. The topological polar surface area (TPSA) is 78.9 Å². The normalized spacial score (nSPS) is 12.5. The molecule has 0 saturated heterocycles. The second-order valence-electron chi connectivity index (χ2n) is 5.03. The number of hydrogen-bond acceptors (Lipinski definition) is 5. The van der Waals surface area contributed by atoms with Gasteiger partial charge in [-0.15, -0.1) is 0 Å². The number of phenols is 1. The van der Waals surface area contributed by atoms with Gasteiger partial charge in [-0.05, 0) is 24.6 Å². The van der Waals surface area contributed by atoms with E-state index in [2.05, 4.69) is 5.32 Å². The van der Waals surface area contributed by atoms with Crippen LogP contribution in [0.3, 0.4) is 0 Å². The highest BCUT2D eigenvalue weighted by Gasteiger charge is 2.31. The minimum Gasteiger partial charge on any atom is -0.508 e. The molecule has 0 heterocycles. The number of likely N-dealkylation sites (N-methyl/N-ethyl adjacent to an activating group) is 1. The van der Waals surface area contributed by atoms with Crippen molar-refractivity contribution in [1.29, 1.82) is 0 Å². The summed E-state index contributed by atoms with van der Waals surface area (Å²) in [6, 6.07) is 4.64. The molecule has 0 aromatic heterocycles. The van der Waals surface area contributed by atoms with E-state index in [0.717, 1.165) is 7.05 Å². The van der Waals surface area contributed by atoms with E-state index < -0.39 is 37.2 Å². The van der Waals surface area contributed by atoms with Crippen LogP contribution in [0.25, 0.3) is 0 Å². The second-order valence-corrected chi connectivity index (χ2v) is 5.03. The Morgan fingerprint density at radius 3 is 2.58 bits per heavy atom. The Hall–Kier alpha value is -2.29. The maximum absolute atomic E-state index is 12.3. The summed E-state index contributed by atoms with van der Waals surface area (Å²) in [6.45, 7) is -0.188. The van der Waals surface area contributed by atoms with Gasteiger partial charge in [0.1, 0.15) is 18.3 Å². The van der Waals surface area contributed by atoms with Gasteiger partial charge in [-0.1, -0.05) is 12.1 Å². The molecule has 0 radical (unpaired) electrons. The number of aromatic hydroxyl groups is 1. The summed E-state index contributed by atoms with van der Waals surface area (Å²) >= 11 is 0.